The summed E-state index contributed by atoms with van der Waals surface area (Å²) in [5.74, 6) is 0.985. The largest absolute Gasteiger partial charge is 0.488 e. The molecule has 98 valence electrons. The minimum atomic E-state index is 0.0218. The zero-order valence-electron chi connectivity index (χ0n) is 10.6. The third-order valence-electron chi connectivity index (χ3n) is 3.53. The molecule has 0 saturated carbocycles. The number of fused-ring (bicyclic) bond motifs is 1. The lowest BCUT2D eigenvalue weighted by molar-refractivity contribution is 0.198. The van der Waals surface area contributed by atoms with Crippen molar-refractivity contribution >= 4 is 15.9 Å². The molecule has 1 aliphatic heterocycles. The van der Waals surface area contributed by atoms with Gasteiger partial charge >= 0.3 is 0 Å². The molecule has 0 saturated heterocycles. The lowest BCUT2D eigenvalue weighted by atomic mass is 9.99. The molecule has 3 rings (SSSR count). The van der Waals surface area contributed by atoms with Crippen LogP contribution in [0, 0.1) is 0 Å². The molecule has 3 heteroatoms. The molecule has 0 radical (unpaired) electrons. The predicted octanol–water partition coefficient (Wildman–Crippen LogP) is 3.32. The number of halogens is 1. The number of hydrogen-bond acceptors (Lipinski definition) is 2. The van der Waals surface area contributed by atoms with Crippen LogP contribution >= 0.6 is 15.9 Å². The standard InChI is InChI=1S/C16H16BrNO/c17-13-7-5-11(6-8-13)9-14(18)16-10-12-3-1-2-4-15(12)19-16/h1-8,14,16H,9-10,18H2. The highest BCUT2D eigenvalue weighted by Gasteiger charge is 2.27. The number of para-hydroxylation sites is 1. The van der Waals surface area contributed by atoms with Gasteiger partial charge in [0.2, 0.25) is 0 Å². The Labute approximate surface area is 121 Å². The third kappa shape index (κ3) is 2.82. The van der Waals surface area contributed by atoms with Crippen molar-refractivity contribution < 1.29 is 4.74 Å². The first-order chi connectivity index (χ1) is 9.22. The topological polar surface area (TPSA) is 35.2 Å². The van der Waals surface area contributed by atoms with E-state index < -0.39 is 0 Å². The van der Waals surface area contributed by atoms with Gasteiger partial charge in [0.15, 0.2) is 0 Å². The van der Waals surface area contributed by atoms with Crippen molar-refractivity contribution in [1.82, 2.24) is 0 Å². The molecule has 0 fully saturated rings. The summed E-state index contributed by atoms with van der Waals surface area (Å²) in [6, 6.07) is 16.5. The zero-order valence-corrected chi connectivity index (χ0v) is 12.1. The molecule has 0 aromatic heterocycles. The fraction of sp³-hybridized carbons (Fsp3) is 0.250. The van der Waals surface area contributed by atoms with Crippen LogP contribution in [0.1, 0.15) is 11.1 Å². The molecule has 2 nitrogen and oxygen atoms in total. The van der Waals surface area contributed by atoms with Crippen LogP contribution in [-0.2, 0) is 12.8 Å². The van der Waals surface area contributed by atoms with Gasteiger partial charge in [-0.2, -0.15) is 0 Å². The summed E-state index contributed by atoms with van der Waals surface area (Å²) in [6.45, 7) is 0. The fourth-order valence-corrected chi connectivity index (χ4v) is 2.74. The molecular weight excluding hydrogens is 302 g/mol. The maximum Gasteiger partial charge on any atom is 0.123 e. The molecule has 1 heterocycles. The van der Waals surface area contributed by atoms with Crippen LogP contribution in [0.5, 0.6) is 5.75 Å². The second kappa shape index (κ2) is 5.35. The SMILES string of the molecule is NC(Cc1ccc(Br)cc1)C1Cc2ccccc2O1. The Morgan fingerprint density at radius 3 is 2.63 bits per heavy atom. The Balaban J connectivity index is 1.66. The second-order valence-corrected chi connectivity index (χ2v) is 5.88. The molecule has 0 bridgehead atoms. The predicted molar refractivity (Wildman–Crippen MR) is 80.4 cm³/mol. The van der Waals surface area contributed by atoms with Crippen molar-refractivity contribution in [2.75, 3.05) is 0 Å². The summed E-state index contributed by atoms with van der Waals surface area (Å²) in [7, 11) is 0. The van der Waals surface area contributed by atoms with Gasteiger partial charge in [-0.1, -0.05) is 46.3 Å². The molecule has 1 aliphatic rings. The maximum atomic E-state index is 6.29. The Morgan fingerprint density at radius 2 is 1.89 bits per heavy atom. The average molecular weight is 318 g/mol. The van der Waals surface area contributed by atoms with E-state index in [0.29, 0.717) is 0 Å². The summed E-state index contributed by atoms with van der Waals surface area (Å²) < 4.78 is 7.02. The van der Waals surface area contributed by atoms with Crippen LogP contribution in [0.4, 0.5) is 0 Å². The van der Waals surface area contributed by atoms with E-state index in [1.54, 1.807) is 0 Å². The molecule has 0 amide bonds. The van der Waals surface area contributed by atoms with Gasteiger partial charge in [0.05, 0.1) is 0 Å². The van der Waals surface area contributed by atoms with E-state index >= 15 is 0 Å². The van der Waals surface area contributed by atoms with Gasteiger partial charge in [0.1, 0.15) is 11.9 Å². The number of benzene rings is 2. The van der Waals surface area contributed by atoms with E-state index in [9.17, 15) is 0 Å². The summed E-state index contributed by atoms with van der Waals surface area (Å²) in [4.78, 5) is 0. The van der Waals surface area contributed by atoms with Crippen molar-refractivity contribution in [2.45, 2.75) is 25.0 Å². The Kier molecular flexibility index (Phi) is 3.58. The molecule has 2 aromatic rings. The van der Waals surface area contributed by atoms with Crippen molar-refractivity contribution in [3.05, 3.63) is 64.1 Å². The van der Waals surface area contributed by atoms with Crippen LogP contribution in [0.15, 0.2) is 53.0 Å². The Morgan fingerprint density at radius 1 is 1.16 bits per heavy atom. The Bertz CT molecular complexity index is 542. The highest BCUT2D eigenvalue weighted by Crippen LogP contribution is 2.29. The molecule has 2 unspecified atom stereocenters. The van der Waals surface area contributed by atoms with Gasteiger partial charge in [0.25, 0.3) is 0 Å². The quantitative estimate of drug-likeness (QED) is 0.942. The summed E-state index contributed by atoms with van der Waals surface area (Å²) in [6.07, 6.45) is 1.83. The van der Waals surface area contributed by atoms with E-state index in [-0.39, 0.29) is 12.1 Å². The van der Waals surface area contributed by atoms with E-state index in [4.69, 9.17) is 10.5 Å². The molecule has 2 atom stereocenters. The van der Waals surface area contributed by atoms with Gasteiger partial charge in [-0.15, -0.1) is 0 Å². The number of nitrogens with two attached hydrogens (primary N) is 1. The summed E-state index contributed by atoms with van der Waals surface area (Å²) in [5, 5.41) is 0. The van der Waals surface area contributed by atoms with Crippen LogP contribution in [0.2, 0.25) is 0 Å². The smallest absolute Gasteiger partial charge is 0.123 e. The van der Waals surface area contributed by atoms with Crippen molar-refractivity contribution in [2.24, 2.45) is 5.73 Å². The van der Waals surface area contributed by atoms with Crippen LogP contribution < -0.4 is 10.5 Å². The number of rotatable bonds is 3. The van der Waals surface area contributed by atoms with Crippen LogP contribution in [0.3, 0.4) is 0 Å². The highest BCUT2D eigenvalue weighted by atomic mass is 79.9. The molecule has 2 aromatic carbocycles. The molecule has 2 N–H and O–H groups in total. The first kappa shape index (κ1) is 12.7. The van der Waals surface area contributed by atoms with Gasteiger partial charge < -0.3 is 10.5 Å². The molecule has 0 aliphatic carbocycles. The number of ether oxygens (including phenoxy) is 1. The van der Waals surface area contributed by atoms with Crippen LogP contribution in [-0.4, -0.2) is 12.1 Å². The third-order valence-corrected chi connectivity index (χ3v) is 4.06. The van der Waals surface area contributed by atoms with E-state index in [0.717, 1.165) is 23.1 Å². The minimum Gasteiger partial charge on any atom is -0.488 e. The molecule has 19 heavy (non-hydrogen) atoms. The first-order valence-electron chi connectivity index (χ1n) is 6.47. The van der Waals surface area contributed by atoms with Gasteiger partial charge in [0, 0.05) is 16.9 Å². The lowest BCUT2D eigenvalue weighted by Gasteiger charge is -2.19. The van der Waals surface area contributed by atoms with E-state index in [1.165, 1.54) is 11.1 Å². The van der Waals surface area contributed by atoms with Crippen molar-refractivity contribution in [1.29, 1.82) is 0 Å². The lowest BCUT2D eigenvalue weighted by Crippen LogP contribution is -2.39. The van der Waals surface area contributed by atoms with Crippen LogP contribution in [0.25, 0.3) is 0 Å². The normalized spacial score (nSPS) is 18.7. The zero-order chi connectivity index (χ0) is 13.2. The maximum absolute atomic E-state index is 6.29. The van der Waals surface area contributed by atoms with E-state index in [1.807, 2.05) is 30.3 Å². The average Bonchev–Trinajstić information content (AvgIpc) is 2.85. The van der Waals surface area contributed by atoms with Crippen molar-refractivity contribution in [3.63, 3.8) is 0 Å². The minimum absolute atomic E-state index is 0.0218. The van der Waals surface area contributed by atoms with Crippen molar-refractivity contribution in [3.8, 4) is 5.75 Å². The summed E-state index contributed by atoms with van der Waals surface area (Å²) in [5.41, 5.74) is 8.80. The molecule has 0 spiro atoms. The number of hydrogen-bond donors (Lipinski definition) is 1. The van der Waals surface area contributed by atoms with Gasteiger partial charge in [-0.05, 0) is 35.7 Å². The van der Waals surface area contributed by atoms with Gasteiger partial charge in [-0.3, -0.25) is 0 Å². The van der Waals surface area contributed by atoms with E-state index in [2.05, 4.69) is 34.1 Å². The van der Waals surface area contributed by atoms with Gasteiger partial charge in [-0.25, -0.2) is 0 Å². The highest BCUT2D eigenvalue weighted by molar-refractivity contribution is 9.10. The fourth-order valence-electron chi connectivity index (χ4n) is 2.47. The molecular formula is C16H16BrNO. The monoisotopic (exact) mass is 317 g/mol. The Hall–Kier alpha value is -1.32. The second-order valence-electron chi connectivity index (χ2n) is 4.96. The first-order valence-corrected chi connectivity index (χ1v) is 7.26. The summed E-state index contributed by atoms with van der Waals surface area (Å²) >= 11 is 3.44.